The van der Waals surface area contributed by atoms with E-state index in [2.05, 4.69) is 34.8 Å². The van der Waals surface area contributed by atoms with Crippen molar-refractivity contribution in [3.8, 4) is 0 Å². The molecule has 3 rings (SSSR count). The van der Waals surface area contributed by atoms with Crippen LogP contribution < -0.4 is 0 Å². The fourth-order valence-electron chi connectivity index (χ4n) is 3.16. The van der Waals surface area contributed by atoms with Crippen LogP contribution in [0.15, 0.2) is 10.7 Å². The summed E-state index contributed by atoms with van der Waals surface area (Å²) >= 11 is 5.11. The maximum absolute atomic E-state index is 12.9. The van der Waals surface area contributed by atoms with E-state index >= 15 is 0 Å². The first-order valence-corrected chi connectivity index (χ1v) is 10.8. The van der Waals surface area contributed by atoms with Gasteiger partial charge in [0.15, 0.2) is 0 Å². The van der Waals surface area contributed by atoms with Crippen LogP contribution in [0.2, 0.25) is 0 Å². The highest BCUT2D eigenvalue weighted by molar-refractivity contribution is 9.10. The Hall–Kier alpha value is -1.54. The number of carbonyl (C=O) groups is 2. The number of H-pyrrole nitrogens is 1. The van der Waals surface area contributed by atoms with E-state index in [0.29, 0.717) is 32.1 Å². The van der Waals surface area contributed by atoms with E-state index in [1.54, 1.807) is 4.90 Å². The number of aromatic nitrogens is 1. The summed E-state index contributed by atoms with van der Waals surface area (Å²) in [5, 5.41) is 0. The Morgan fingerprint density at radius 1 is 1.19 bits per heavy atom. The fraction of sp³-hybridized carbons (Fsp3) is 0.579. The predicted molar refractivity (Wildman–Crippen MR) is 112 cm³/mol. The number of piperazine rings is 1. The van der Waals surface area contributed by atoms with Gasteiger partial charge in [0.25, 0.3) is 5.91 Å². The first-order chi connectivity index (χ1) is 12.6. The molecule has 0 atom stereocenters. The molecule has 8 heteroatoms. The van der Waals surface area contributed by atoms with Crippen molar-refractivity contribution in [2.24, 2.45) is 0 Å². The Kier molecular flexibility index (Phi) is 5.59. The number of carbonyl (C=O) groups excluding carboxylic acids is 2. The summed E-state index contributed by atoms with van der Waals surface area (Å²) in [5.74, 6) is 0.395. The lowest BCUT2D eigenvalue weighted by Gasteiger charge is -2.35. The predicted octanol–water partition coefficient (Wildman–Crippen LogP) is 4.81. The van der Waals surface area contributed by atoms with Crippen molar-refractivity contribution in [2.45, 2.75) is 46.1 Å². The molecular weight excluding hydrogens is 430 g/mol. The molecule has 27 heavy (non-hydrogen) atoms. The number of hydrogen-bond acceptors (Lipinski definition) is 4. The molecule has 0 aromatic carbocycles. The lowest BCUT2D eigenvalue weighted by molar-refractivity contribution is 0.0141. The summed E-state index contributed by atoms with van der Waals surface area (Å²) in [6.07, 6.45) is -0.314. The molecule has 2 amide bonds. The highest BCUT2D eigenvalue weighted by atomic mass is 79.9. The van der Waals surface area contributed by atoms with Crippen molar-refractivity contribution in [3.05, 3.63) is 21.1 Å². The van der Waals surface area contributed by atoms with Crippen molar-refractivity contribution < 1.29 is 14.3 Å². The highest BCUT2D eigenvalue weighted by Gasteiger charge is 2.29. The summed E-state index contributed by atoms with van der Waals surface area (Å²) in [6, 6.07) is 1.93. The quantitative estimate of drug-likeness (QED) is 0.706. The monoisotopic (exact) mass is 455 g/mol. The largest absolute Gasteiger partial charge is 0.444 e. The van der Waals surface area contributed by atoms with Gasteiger partial charge in [-0.2, -0.15) is 0 Å². The molecule has 0 aliphatic carbocycles. The van der Waals surface area contributed by atoms with E-state index < -0.39 is 5.60 Å². The molecule has 1 aliphatic heterocycles. The van der Waals surface area contributed by atoms with Crippen LogP contribution in [0.1, 0.15) is 55.8 Å². The van der Waals surface area contributed by atoms with Crippen LogP contribution in [0, 0.1) is 0 Å². The zero-order chi connectivity index (χ0) is 19.9. The van der Waals surface area contributed by atoms with Crippen LogP contribution in [0.5, 0.6) is 0 Å². The number of fused-ring (bicyclic) bond motifs is 1. The smallest absolute Gasteiger partial charge is 0.410 e. The lowest BCUT2D eigenvalue weighted by Crippen LogP contribution is -2.51. The molecule has 148 valence electrons. The third-order valence-corrected chi connectivity index (χ3v) is 6.25. The number of ether oxygens (including phenoxy) is 1. The Bertz CT molecular complexity index is 858. The Balaban J connectivity index is 1.68. The van der Waals surface area contributed by atoms with Crippen molar-refractivity contribution in [1.82, 2.24) is 14.8 Å². The zero-order valence-electron chi connectivity index (χ0n) is 16.4. The van der Waals surface area contributed by atoms with Gasteiger partial charge >= 0.3 is 6.09 Å². The lowest BCUT2D eigenvalue weighted by atomic mass is 10.1. The summed E-state index contributed by atoms with van der Waals surface area (Å²) in [4.78, 5) is 32.6. The molecule has 2 aromatic rings. The van der Waals surface area contributed by atoms with E-state index in [1.807, 2.05) is 31.7 Å². The third-order valence-electron chi connectivity index (χ3n) is 4.46. The van der Waals surface area contributed by atoms with E-state index in [-0.39, 0.29) is 12.0 Å². The Labute approximate surface area is 172 Å². The number of rotatable bonds is 2. The molecule has 1 aliphatic rings. The van der Waals surface area contributed by atoms with Crippen LogP contribution in [-0.2, 0) is 4.74 Å². The van der Waals surface area contributed by atoms with E-state index in [9.17, 15) is 9.59 Å². The first kappa shape index (κ1) is 20.2. The van der Waals surface area contributed by atoms with Gasteiger partial charge < -0.3 is 19.5 Å². The third kappa shape index (κ3) is 4.32. The standard InChI is InChI=1S/C19H26BrN3O3S/c1-11(2)14-15-12(21-16(14)20)10-13(27-15)17(24)22-6-8-23(9-7-22)18(25)26-19(3,4)5/h10-11,21H,6-9H2,1-5H3. The first-order valence-electron chi connectivity index (χ1n) is 9.15. The molecule has 0 unspecified atom stereocenters. The van der Waals surface area contributed by atoms with Gasteiger partial charge in [-0.25, -0.2) is 4.79 Å². The molecule has 6 nitrogen and oxygen atoms in total. The average Bonchev–Trinajstić information content (AvgIpc) is 3.08. The molecule has 1 N–H and O–H groups in total. The zero-order valence-corrected chi connectivity index (χ0v) is 18.8. The molecule has 0 spiro atoms. The number of thiophene rings is 1. The second-order valence-electron chi connectivity index (χ2n) is 8.12. The number of aromatic amines is 1. The minimum absolute atomic E-state index is 0.0271. The van der Waals surface area contributed by atoms with Crippen LogP contribution in [-0.4, -0.2) is 58.6 Å². The van der Waals surface area contributed by atoms with Gasteiger partial charge in [0, 0.05) is 31.7 Å². The molecule has 2 aromatic heterocycles. The second-order valence-corrected chi connectivity index (χ2v) is 9.97. The van der Waals surface area contributed by atoms with E-state index in [4.69, 9.17) is 4.74 Å². The van der Waals surface area contributed by atoms with Gasteiger partial charge in [-0.1, -0.05) is 13.8 Å². The Morgan fingerprint density at radius 2 is 1.78 bits per heavy atom. The minimum atomic E-state index is -0.509. The number of hydrogen-bond donors (Lipinski definition) is 1. The average molecular weight is 456 g/mol. The topological polar surface area (TPSA) is 65.6 Å². The number of nitrogens with one attached hydrogen (secondary N) is 1. The van der Waals surface area contributed by atoms with Crippen LogP contribution in [0.4, 0.5) is 4.79 Å². The van der Waals surface area contributed by atoms with Crippen LogP contribution in [0.3, 0.4) is 0 Å². The summed E-state index contributed by atoms with van der Waals surface area (Å²) in [5.41, 5.74) is 1.69. The second kappa shape index (κ2) is 7.47. The SMILES string of the molecule is CC(C)c1c(Br)[nH]c2cc(C(=O)N3CCN(C(=O)OC(C)(C)C)CC3)sc12. The maximum Gasteiger partial charge on any atom is 0.410 e. The molecule has 0 bridgehead atoms. The Morgan fingerprint density at radius 3 is 2.33 bits per heavy atom. The molecule has 0 radical (unpaired) electrons. The van der Waals surface area contributed by atoms with E-state index in [1.165, 1.54) is 16.9 Å². The molecule has 1 saturated heterocycles. The molecular formula is C19H26BrN3O3S. The van der Waals surface area contributed by atoms with Gasteiger partial charge in [0.05, 0.1) is 19.7 Å². The van der Waals surface area contributed by atoms with Crippen molar-refractivity contribution in [3.63, 3.8) is 0 Å². The van der Waals surface area contributed by atoms with Gasteiger partial charge in [0.1, 0.15) is 5.60 Å². The van der Waals surface area contributed by atoms with E-state index in [0.717, 1.165) is 19.7 Å². The van der Waals surface area contributed by atoms with Crippen molar-refractivity contribution >= 4 is 49.5 Å². The van der Waals surface area contributed by atoms with Crippen LogP contribution >= 0.6 is 27.3 Å². The number of nitrogens with zero attached hydrogens (tertiary/aromatic N) is 2. The number of halogens is 1. The van der Waals surface area contributed by atoms with Gasteiger partial charge in [0.2, 0.25) is 0 Å². The number of amides is 2. The minimum Gasteiger partial charge on any atom is -0.444 e. The van der Waals surface area contributed by atoms with Crippen molar-refractivity contribution in [2.75, 3.05) is 26.2 Å². The fourth-order valence-corrected chi connectivity index (χ4v) is 5.45. The molecule has 3 heterocycles. The summed E-state index contributed by atoms with van der Waals surface area (Å²) in [6.45, 7) is 11.9. The highest BCUT2D eigenvalue weighted by Crippen LogP contribution is 2.38. The molecule has 0 saturated carbocycles. The van der Waals surface area contributed by atoms with Gasteiger partial charge in [-0.3, -0.25) is 4.79 Å². The molecule has 1 fully saturated rings. The van der Waals surface area contributed by atoms with Crippen molar-refractivity contribution in [1.29, 1.82) is 0 Å². The maximum atomic E-state index is 12.9. The van der Waals surface area contributed by atoms with Crippen LogP contribution in [0.25, 0.3) is 10.2 Å². The summed E-state index contributed by atoms with van der Waals surface area (Å²) < 4.78 is 7.53. The van der Waals surface area contributed by atoms with Gasteiger partial charge in [-0.05, 0) is 48.7 Å². The summed E-state index contributed by atoms with van der Waals surface area (Å²) in [7, 11) is 0. The van der Waals surface area contributed by atoms with Gasteiger partial charge in [-0.15, -0.1) is 11.3 Å². The normalized spacial score (nSPS) is 15.7.